The first kappa shape index (κ1) is 17.4. The van der Waals surface area contributed by atoms with E-state index in [2.05, 4.69) is 4.72 Å². The second-order valence-corrected chi connectivity index (χ2v) is 7.54. The molecule has 0 aromatic heterocycles. The van der Waals surface area contributed by atoms with Crippen LogP contribution in [0.1, 0.15) is 33.6 Å². The number of amides is 1. The molecule has 0 aromatic carbocycles. The minimum Gasteiger partial charge on any atom is -0.375 e. The summed E-state index contributed by atoms with van der Waals surface area (Å²) in [5.41, 5.74) is 0. The summed E-state index contributed by atoms with van der Waals surface area (Å²) in [4.78, 5) is 14.2. The Bertz CT molecular complexity index is 422. The third kappa shape index (κ3) is 5.76. The summed E-state index contributed by atoms with van der Waals surface area (Å²) in [7, 11) is -3.40. The maximum Gasteiger partial charge on any atom is 0.240 e. The molecule has 1 fully saturated rings. The van der Waals surface area contributed by atoms with Gasteiger partial charge in [-0.25, -0.2) is 13.1 Å². The quantitative estimate of drug-likeness (QED) is 0.779. The van der Waals surface area contributed by atoms with Crippen LogP contribution < -0.4 is 4.72 Å². The zero-order valence-corrected chi connectivity index (χ0v) is 13.6. The molecule has 1 rings (SSSR count). The standard InChI is InChI=1S/C13H26N2O4S/c1-5-11-9-15(6-7-19-11)13(16)12(8-10(2)3)14-20(4,17)18/h10-12,14H,5-9H2,1-4H3/t11-,12+/m0/s1. The van der Waals surface area contributed by atoms with Gasteiger partial charge in [-0.15, -0.1) is 0 Å². The first-order valence-electron chi connectivity index (χ1n) is 7.10. The number of carbonyl (C=O) groups is 1. The first-order valence-corrected chi connectivity index (χ1v) is 8.99. The Kier molecular flexibility index (Phi) is 6.42. The van der Waals surface area contributed by atoms with Gasteiger partial charge in [0.05, 0.1) is 19.0 Å². The molecule has 0 aromatic rings. The molecule has 7 heteroatoms. The fourth-order valence-electron chi connectivity index (χ4n) is 2.32. The Morgan fingerprint density at radius 1 is 1.45 bits per heavy atom. The average Bonchev–Trinajstić information content (AvgIpc) is 2.35. The molecule has 6 nitrogen and oxygen atoms in total. The zero-order valence-electron chi connectivity index (χ0n) is 12.8. The van der Waals surface area contributed by atoms with Crippen molar-refractivity contribution in [3.63, 3.8) is 0 Å². The van der Waals surface area contributed by atoms with Crippen LogP contribution in [0.15, 0.2) is 0 Å². The molecule has 118 valence electrons. The molecule has 1 amide bonds. The Labute approximate surface area is 121 Å². The van der Waals surface area contributed by atoms with Crippen LogP contribution in [-0.2, 0) is 19.6 Å². The van der Waals surface area contributed by atoms with Gasteiger partial charge in [0, 0.05) is 13.1 Å². The van der Waals surface area contributed by atoms with Crippen molar-refractivity contribution >= 4 is 15.9 Å². The van der Waals surface area contributed by atoms with Crippen LogP contribution in [0.25, 0.3) is 0 Å². The van der Waals surface area contributed by atoms with E-state index in [1.807, 2.05) is 20.8 Å². The fourth-order valence-corrected chi connectivity index (χ4v) is 3.03. The summed E-state index contributed by atoms with van der Waals surface area (Å²) in [6.07, 6.45) is 2.48. The van der Waals surface area contributed by atoms with Crippen LogP contribution >= 0.6 is 0 Å². The van der Waals surface area contributed by atoms with Gasteiger partial charge in [-0.05, 0) is 18.8 Å². The highest BCUT2D eigenvalue weighted by molar-refractivity contribution is 7.88. The van der Waals surface area contributed by atoms with E-state index >= 15 is 0 Å². The van der Waals surface area contributed by atoms with Gasteiger partial charge in [0.2, 0.25) is 15.9 Å². The van der Waals surface area contributed by atoms with Crippen molar-refractivity contribution in [1.29, 1.82) is 0 Å². The molecule has 1 aliphatic rings. The Hall–Kier alpha value is -0.660. The number of ether oxygens (including phenoxy) is 1. The van der Waals surface area contributed by atoms with Crippen molar-refractivity contribution in [3.05, 3.63) is 0 Å². The smallest absolute Gasteiger partial charge is 0.240 e. The molecule has 1 saturated heterocycles. The Morgan fingerprint density at radius 2 is 2.10 bits per heavy atom. The number of nitrogens with one attached hydrogen (secondary N) is 1. The van der Waals surface area contributed by atoms with Crippen LogP contribution in [0.4, 0.5) is 0 Å². The largest absolute Gasteiger partial charge is 0.375 e. The van der Waals surface area contributed by atoms with Crippen molar-refractivity contribution in [2.45, 2.75) is 45.8 Å². The lowest BCUT2D eigenvalue weighted by atomic mass is 10.0. The van der Waals surface area contributed by atoms with Gasteiger partial charge < -0.3 is 9.64 Å². The average molecular weight is 306 g/mol. The van der Waals surface area contributed by atoms with Gasteiger partial charge in [0.15, 0.2) is 0 Å². The predicted molar refractivity (Wildman–Crippen MR) is 77.8 cm³/mol. The summed E-state index contributed by atoms with van der Waals surface area (Å²) in [6, 6.07) is -0.680. The molecule has 1 heterocycles. The molecule has 20 heavy (non-hydrogen) atoms. The molecule has 0 bridgehead atoms. The van der Waals surface area contributed by atoms with E-state index in [1.54, 1.807) is 4.90 Å². The van der Waals surface area contributed by atoms with E-state index in [4.69, 9.17) is 4.74 Å². The highest BCUT2D eigenvalue weighted by Gasteiger charge is 2.30. The minimum atomic E-state index is -3.40. The molecule has 0 saturated carbocycles. The molecular formula is C13H26N2O4S. The fraction of sp³-hybridized carbons (Fsp3) is 0.923. The van der Waals surface area contributed by atoms with Crippen molar-refractivity contribution in [2.75, 3.05) is 26.0 Å². The number of hydrogen-bond donors (Lipinski definition) is 1. The van der Waals surface area contributed by atoms with Crippen LogP contribution in [0.2, 0.25) is 0 Å². The molecule has 0 radical (unpaired) electrons. The third-order valence-electron chi connectivity index (χ3n) is 3.27. The van der Waals surface area contributed by atoms with Crippen molar-refractivity contribution in [3.8, 4) is 0 Å². The van der Waals surface area contributed by atoms with Crippen molar-refractivity contribution in [1.82, 2.24) is 9.62 Å². The summed E-state index contributed by atoms with van der Waals surface area (Å²) in [6.45, 7) is 7.53. The number of carbonyl (C=O) groups excluding carboxylic acids is 1. The minimum absolute atomic E-state index is 0.0469. The van der Waals surface area contributed by atoms with Crippen LogP contribution in [0.3, 0.4) is 0 Å². The number of hydrogen-bond acceptors (Lipinski definition) is 4. The van der Waals surface area contributed by atoms with Crippen LogP contribution in [0.5, 0.6) is 0 Å². The first-order chi connectivity index (χ1) is 9.23. The maximum atomic E-state index is 12.5. The van der Waals surface area contributed by atoms with Crippen molar-refractivity contribution < 1.29 is 17.9 Å². The second-order valence-electron chi connectivity index (χ2n) is 5.76. The van der Waals surface area contributed by atoms with Gasteiger partial charge >= 0.3 is 0 Å². The maximum absolute atomic E-state index is 12.5. The lowest BCUT2D eigenvalue weighted by Gasteiger charge is -2.35. The number of nitrogens with zero attached hydrogens (tertiary/aromatic N) is 1. The molecular weight excluding hydrogens is 280 g/mol. The zero-order chi connectivity index (χ0) is 15.3. The number of rotatable bonds is 6. The third-order valence-corrected chi connectivity index (χ3v) is 3.98. The van der Waals surface area contributed by atoms with Crippen LogP contribution in [0, 0.1) is 5.92 Å². The molecule has 0 aliphatic carbocycles. The molecule has 1 N–H and O–H groups in total. The van der Waals surface area contributed by atoms with Gasteiger partial charge in [0.25, 0.3) is 0 Å². The van der Waals surface area contributed by atoms with E-state index in [-0.39, 0.29) is 17.9 Å². The predicted octanol–water partition coefficient (Wildman–Crippen LogP) is 0.588. The molecule has 0 unspecified atom stereocenters. The molecule has 1 aliphatic heterocycles. The van der Waals surface area contributed by atoms with E-state index in [0.29, 0.717) is 26.1 Å². The van der Waals surface area contributed by atoms with E-state index in [1.165, 1.54) is 0 Å². The summed E-state index contributed by atoms with van der Waals surface area (Å²) in [5.74, 6) is 0.0899. The molecule has 0 spiro atoms. The Balaban J connectivity index is 2.76. The monoisotopic (exact) mass is 306 g/mol. The highest BCUT2D eigenvalue weighted by Crippen LogP contribution is 2.13. The normalized spacial score (nSPS) is 22.1. The number of morpholine rings is 1. The number of sulfonamides is 1. The highest BCUT2D eigenvalue weighted by atomic mass is 32.2. The van der Waals surface area contributed by atoms with Gasteiger partial charge in [-0.1, -0.05) is 20.8 Å². The van der Waals surface area contributed by atoms with Crippen molar-refractivity contribution in [2.24, 2.45) is 5.92 Å². The molecule has 2 atom stereocenters. The second kappa shape index (κ2) is 7.38. The SMILES string of the molecule is CC[C@H]1CN(C(=O)[C@@H](CC(C)C)NS(C)(=O)=O)CCO1. The van der Waals surface area contributed by atoms with Gasteiger partial charge in [-0.3, -0.25) is 4.79 Å². The van der Waals surface area contributed by atoms with E-state index < -0.39 is 16.1 Å². The summed E-state index contributed by atoms with van der Waals surface area (Å²) < 4.78 is 30.8. The summed E-state index contributed by atoms with van der Waals surface area (Å²) >= 11 is 0. The topological polar surface area (TPSA) is 75.7 Å². The van der Waals surface area contributed by atoms with E-state index in [9.17, 15) is 13.2 Å². The van der Waals surface area contributed by atoms with Gasteiger partial charge in [-0.2, -0.15) is 0 Å². The lowest BCUT2D eigenvalue weighted by molar-refractivity contribution is -0.141. The van der Waals surface area contributed by atoms with E-state index in [0.717, 1.165) is 12.7 Å². The summed E-state index contributed by atoms with van der Waals surface area (Å²) in [5, 5.41) is 0. The van der Waals surface area contributed by atoms with Crippen LogP contribution in [-0.4, -0.2) is 57.3 Å². The Morgan fingerprint density at radius 3 is 2.60 bits per heavy atom. The van der Waals surface area contributed by atoms with Gasteiger partial charge in [0.1, 0.15) is 6.04 Å². The lowest BCUT2D eigenvalue weighted by Crippen LogP contribution is -2.53.